The SMILES string of the molecule is OCCN(CCc1nc(CCl)cs1)C1CCCC1. The fourth-order valence-corrected chi connectivity index (χ4v) is 3.65. The third kappa shape index (κ3) is 3.92. The first-order chi connectivity index (χ1) is 8.83. The van der Waals surface area contributed by atoms with E-state index in [2.05, 4.69) is 9.88 Å². The summed E-state index contributed by atoms with van der Waals surface area (Å²) in [4.78, 5) is 6.91. The second-order valence-electron chi connectivity index (χ2n) is 4.81. The number of hydrogen-bond acceptors (Lipinski definition) is 4. The van der Waals surface area contributed by atoms with E-state index in [0.717, 1.165) is 30.2 Å². The number of aliphatic hydroxyl groups excluding tert-OH is 1. The van der Waals surface area contributed by atoms with Crippen molar-refractivity contribution in [3.8, 4) is 0 Å². The zero-order valence-electron chi connectivity index (χ0n) is 10.6. The van der Waals surface area contributed by atoms with Crippen LogP contribution in [0.1, 0.15) is 36.4 Å². The summed E-state index contributed by atoms with van der Waals surface area (Å²) < 4.78 is 0. The van der Waals surface area contributed by atoms with Gasteiger partial charge in [0.25, 0.3) is 0 Å². The Hall–Kier alpha value is -0.160. The van der Waals surface area contributed by atoms with Crippen molar-refractivity contribution < 1.29 is 5.11 Å². The molecular weight excluding hydrogens is 268 g/mol. The van der Waals surface area contributed by atoms with Gasteiger partial charge in [-0.1, -0.05) is 12.8 Å². The maximum absolute atomic E-state index is 9.16. The van der Waals surface area contributed by atoms with E-state index in [9.17, 15) is 0 Å². The van der Waals surface area contributed by atoms with E-state index >= 15 is 0 Å². The Morgan fingerprint density at radius 1 is 1.39 bits per heavy atom. The second-order valence-corrected chi connectivity index (χ2v) is 6.02. The molecule has 0 atom stereocenters. The fraction of sp³-hybridized carbons (Fsp3) is 0.769. The molecule has 102 valence electrons. The molecule has 1 aliphatic carbocycles. The first kappa shape index (κ1) is 14.3. The van der Waals surface area contributed by atoms with Crippen LogP contribution in [-0.4, -0.2) is 40.7 Å². The highest BCUT2D eigenvalue weighted by molar-refractivity contribution is 7.09. The number of alkyl halides is 1. The van der Waals surface area contributed by atoms with Crippen molar-refractivity contribution in [2.45, 2.75) is 44.0 Å². The van der Waals surface area contributed by atoms with Gasteiger partial charge in [0.2, 0.25) is 0 Å². The standard InChI is InChI=1S/C13H21ClN2OS/c14-9-11-10-18-13(15-11)5-6-16(7-8-17)12-3-1-2-4-12/h10,12,17H,1-9H2. The van der Waals surface area contributed by atoms with E-state index in [4.69, 9.17) is 16.7 Å². The van der Waals surface area contributed by atoms with Gasteiger partial charge in [-0.05, 0) is 12.8 Å². The molecule has 3 nitrogen and oxygen atoms in total. The van der Waals surface area contributed by atoms with Gasteiger partial charge in [-0.3, -0.25) is 4.90 Å². The van der Waals surface area contributed by atoms with Crippen molar-refractivity contribution in [3.05, 3.63) is 16.1 Å². The molecule has 1 saturated carbocycles. The Kier molecular flexibility index (Phi) is 5.89. The lowest BCUT2D eigenvalue weighted by Crippen LogP contribution is -2.37. The van der Waals surface area contributed by atoms with Crippen molar-refractivity contribution in [1.29, 1.82) is 0 Å². The predicted octanol–water partition coefficient (Wildman–Crippen LogP) is 2.66. The molecule has 0 spiro atoms. The van der Waals surface area contributed by atoms with E-state index in [-0.39, 0.29) is 6.61 Å². The van der Waals surface area contributed by atoms with Crippen LogP contribution >= 0.6 is 22.9 Å². The summed E-state index contributed by atoms with van der Waals surface area (Å²) >= 11 is 7.45. The van der Waals surface area contributed by atoms with Crippen LogP contribution < -0.4 is 0 Å². The summed E-state index contributed by atoms with van der Waals surface area (Å²) in [5.74, 6) is 0.499. The van der Waals surface area contributed by atoms with Crippen LogP contribution in [0.4, 0.5) is 0 Å². The number of rotatable bonds is 7. The Morgan fingerprint density at radius 3 is 2.78 bits per heavy atom. The van der Waals surface area contributed by atoms with Gasteiger partial charge in [0.05, 0.1) is 23.2 Å². The third-order valence-corrected chi connectivity index (χ3v) is 4.81. The average Bonchev–Trinajstić information content (AvgIpc) is 3.05. The van der Waals surface area contributed by atoms with Crippen LogP contribution in [0.25, 0.3) is 0 Å². The van der Waals surface area contributed by atoms with Gasteiger partial charge >= 0.3 is 0 Å². The van der Waals surface area contributed by atoms with Crippen molar-refractivity contribution in [2.75, 3.05) is 19.7 Å². The second kappa shape index (κ2) is 7.43. The largest absolute Gasteiger partial charge is 0.395 e. The van der Waals surface area contributed by atoms with Crippen LogP contribution in [0.5, 0.6) is 0 Å². The molecule has 2 rings (SSSR count). The minimum atomic E-state index is 0.251. The third-order valence-electron chi connectivity index (χ3n) is 3.58. The van der Waals surface area contributed by atoms with Gasteiger partial charge in [-0.15, -0.1) is 22.9 Å². The fourth-order valence-electron chi connectivity index (χ4n) is 2.64. The lowest BCUT2D eigenvalue weighted by Gasteiger charge is -2.27. The highest BCUT2D eigenvalue weighted by Crippen LogP contribution is 2.23. The Labute approximate surface area is 118 Å². The Balaban J connectivity index is 1.84. The van der Waals surface area contributed by atoms with Gasteiger partial charge in [-0.25, -0.2) is 4.98 Å². The normalized spacial score (nSPS) is 16.8. The molecule has 0 aliphatic heterocycles. The van der Waals surface area contributed by atoms with Crippen molar-refractivity contribution >= 4 is 22.9 Å². The van der Waals surface area contributed by atoms with Crippen LogP contribution in [0.3, 0.4) is 0 Å². The van der Waals surface area contributed by atoms with Crippen LogP contribution in [0.2, 0.25) is 0 Å². The first-order valence-electron chi connectivity index (χ1n) is 6.67. The first-order valence-corrected chi connectivity index (χ1v) is 8.09. The van der Waals surface area contributed by atoms with E-state index in [1.54, 1.807) is 11.3 Å². The molecule has 5 heteroatoms. The minimum Gasteiger partial charge on any atom is -0.395 e. The smallest absolute Gasteiger partial charge is 0.0941 e. The number of aliphatic hydroxyl groups is 1. The van der Waals surface area contributed by atoms with Gasteiger partial charge in [0.15, 0.2) is 0 Å². The molecule has 1 aromatic rings. The molecule has 1 fully saturated rings. The molecule has 1 heterocycles. The Morgan fingerprint density at radius 2 is 2.17 bits per heavy atom. The van der Waals surface area contributed by atoms with Gasteiger partial charge in [0, 0.05) is 30.9 Å². The maximum atomic E-state index is 9.16. The summed E-state index contributed by atoms with van der Waals surface area (Å²) in [5.41, 5.74) is 0.978. The summed E-state index contributed by atoms with van der Waals surface area (Å²) in [5, 5.41) is 12.4. The highest BCUT2D eigenvalue weighted by atomic mass is 35.5. The molecule has 1 aromatic heterocycles. The number of aromatic nitrogens is 1. The topological polar surface area (TPSA) is 36.4 Å². The quantitative estimate of drug-likeness (QED) is 0.784. The molecule has 0 amide bonds. The predicted molar refractivity (Wildman–Crippen MR) is 76.3 cm³/mol. The number of hydrogen-bond donors (Lipinski definition) is 1. The molecule has 0 saturated heterocycles. The van der Waals surface area contributed by atoms with Gasteiger partial charge in [0.1, 0.15) is 0 Å². The summed E-state index contributed by atoms with van der Waals surface area (Å²) in [6, 6.07) is 0.671. The van der Waals surface area contributed by atoms with E-state index in [1.807, 2.05) is 5.38 Å². The zero-order chi connectivity index (χ0) is 12.8. The van der Waals surface area contributed by atoms with Crippen molar-refractivity contribution in [1.82, 2.24) is 9.88 Å². The molecular formula is C13H21ClN2OS. The molecule has 0 bridgehead atoms. The molecule has 0 radical (unpaired) electrons. The van der Waals surface area contributed by atoms with Crippen LogP contribution in [-0.2, 0) is 12.3 Å². The van der Waals surface area contributed by atoms with E-state index in [1.165, 1.54) is 25.7 Å². The summed E-state index contributed by atoms with van der Waals surface area (Å²) in [7, 11) is 0. The van der Waals surface area contributed by atoms with Gasteiger partial charge < -0.3 is 5.11 Å². The van der Waals surface area contributed by atoms with Crippen LogP contribution in [0, 0.1) is 0 Å². The monoisotopic (exact) mass is 288 g/mol. The van der Waals surface area contributed by atoms with Gasteiger partial charge in [-0.2, -0.15) is 0 Å². The lowest BCUT2D eigenvalue weighted by molar-refractivity contribution is 0.153. The number of halogens is 1. The van der Waals surface area contributed by atoms with Crippen molar-refractivity contribution in [2.24, 2.45) is 0 Å². The van der Waals surface area contributed by atoms with Crippen LogP contribution in [0.15, 0.2) is 5.38 Å². The molecule has 1 aliphatic rings. The zero-order valence-corrected chi connectivity index (χ0v) is 12.2. The molecule has 0 aromatic carbocycles. The summed E-state index contributed by atoms with van der Waals surface area (Å²) in [6.45, 7) is 2.04. The number of nitrogens with zero attached hydrogens (tertiary/aromatic N) is 2. The number of thiazole rings is 1. The van der Waals surface area contributed by atoms with E-state index in [0.29, 0.717) is 11.9 Å². The molecule has 0 unspecified atom stereocenters. The lowest BCUT2D eigenvalue weighted by atomic mass is 10.2. The molecule has 18 heavy (non-hydrogen) atoms. The minimum absolute atomic E-state index is 0.251. The molecule has 1 N–H and O–H groups in total. The van der Waals surface area contributed by atoms with Crippen molar-refractivity contribution in [3.63, 3.8) is 0 Å². The highest BCUT2D eigenvalue weighted by Gasteiger charge is 2.21. The summed E-state index contributed by atoms with van der Waals surface area (Å²) in [6.07, 6.45) is 6.20. The average molecular weight is 289 g/mol. The maximum Gasteiger partial charge on any atom is 0.0941 e. The van der Waals surface area contributed by atoms with E-state index < -0.39 is 0 Å². The Bertz CT molecular complexity index is 353.